The molecule has 0 radical (unpaired) electrons. The van der Waals surface area contributed by atoms with Gasteiger partial charge in [0.2, 0.25) is 0 Å². The summed E-state index contributed by atoms with van der Waals surface area (Å²) in [6.45, 7) is 2.75. The van der Waals surface area contributed by atoms with E-state index in [-0.39, 0.29) is 5.56 Å². The largest absolute Gasteiger partial charge is 0.298 e. The topological polar surface area (TPSA) is 34.9 Å². The summed E-state index contributed by atoms with van der Waals surface area (Å²) in [7, 11) is 0. The van der Waals surface area contributed by atoms with Crippen LogP contribution in [0.2, 0.25) is 0 Å². The Labute approximate surface area is 92.5 Å². The van der Waals surface area contributed by atoms with Gasteiger partial charge in [0, 0.05) is 18.3 Å². The molecule has 16 heavy (non-hydrogen) atoms. The lowest BCUT2D eigenvalue weighted by Crippen LogP contribution is -1.92. The maximum absolute atomic E-state index is 13.4. The second-order valence-corrected chi connectivity index (χ2v) is 3.44. The van der Waals surface area contributed by atoms with E-state index in [1.165, 1.54) is 12.1 Å². The minimum atomic E-state index is -0.503. The van der Waals surface area contributed by atoms with Crippen LogP contribution >= 0.6 is 0 Å². The Morgan fingerprint density at radius 2 is 2.25 bits per heavy atom. The van der Waals surface area contributed by atoms with Gasteiger partial charge >= 0.3 is 0 Å². The van der Waals surface area contributed by atoms with Crippen LogP contribution in [0.15, 0.2) is 30.6 Å². The number of halogens is 1. The molecule has 0 saturated carbocycles. The fourth-order valence-electron chi connectivity index (χ4n) is 1.49. The number of aldehydes is 1. The van der Waals surface area contributed by atoms with Crippen LogP contribution in [0.4, 0.5) is 4.39 Å². The van der Waals surface area contributed by atoms with Crippen molar-refractivity contribution >= 4 is 6.29 Å². The van der Waals surface area contributed by atoms with E-state index in [9.17, 15) is 9.18 Å². The molecular formula is C12H11FN2O. The molecule has 82 valence electrons. The Morgan fingerprint density at radius 3 is 2.81 bits per heavy atom. The zero-order valence-electron chi connectivity index (χ0n) is 8.85. The molecule has 0 aliphatic heterocycles. The summed E-state index contributed by atoms with van der Waals surface area (Å²) in [4.78, 5) is 10.5. The molecule has 0 fully saturated rings. The van der Waals surface area contributed by atoms with Crippen LogP contribution in [0.5, 0.6) is 0 Å². The molecule has 2 aromatic rings. The van der Waals surface area contributed by atoms with Gasteiger partial charge in [0.1, 0.15) is 5.82 Å². The third-order valence-corrected chi connectivity index (χ3v) is 2.42. The first kappa shape index (κ1) is 10.5. The minimum Gasteiger partial charge on any atom is -0.298 e. The average molecular weight is 218 g/mol. The summed E-state index contributed by atoms with van der Waals surface area (Å²) in [5, 5.41) is 4.11. The third kappa shape index (κ3) is 1.86. The number of carbonyl (C=O) groups is 1. The van der Waals surface area contributed by atoms with Crippen LogP contribution in [0.25, 0.3) is 11.1 Å². The second kappa shape index (κ2) is 4.26. The third-order valence-electron chi connectivity index (χ3n) is 2.42. The summed E-state index contributed by atoms with van der Waals surface area (Å²) < 4.78 is 15.1. The number of aromatic nitrogens is 2. The van der Waals surface area contributed by atoms with E-state index in [1.807, 2.05) is 13.1 Å². The second-order valence-electron chi connectivity index (χ2n) is 3.44. The van der Waals surface area contributed by atoms with Gasteiger partial charge in [0.25, 0.3) is 0 Å². The first-order chi connectivity index (χ1) is 7.74. The van der Waals surface area contributed by atoms with Crippen LogP contribution in [-0.4, -0.2) is 16.1 Å². The molecule has 3 nitrogen and oxygen atoms in total. The van der Waals surface area contributed by atoms with Crippen molar-refractivity contribution in [3.05, 3.63) is 42.0 Å². The van der Waals surface area contributed by atoms with Gasteiger partial charge in [-0.15, -0.1) is 0 Å². The maximum Gasteiger partial charge on any atom is 0.152 e. The monoisotopic (exact) mass is 218 g/mol. The number of rotatable bonds is 3. The zero-order valence-corrected chi connectivity index (χ0v) is 8.85. The number of carbonyl (C=O) groups excluding carboxylic acids is 1. The molecule has 0 spiro atoms. The summed E-state index contributed by atoms with van der Waals surface area (Å²) in [6.07, 6.45) is 4.03. The van der Waals surface area contributed by atoms with E-state index in [2.05, 4.69) is 5.10 Å². The predicted octanol–water partition coefficient (Wildman–Crippen LogP) is 2.52. The standard InChI is InChI=1S/C12H11FN2O/c1-2-15-7-11(6-14-15)9-3-4-10(8-16)12(13)5-9/h3-8H,2H2,1H3. The van der Waals surface area contributed by atoms with Crippen molar-refractivity contribution in [1.82, 2.24) is 9.78 Å². The normalized spacial score (nSPS) is 10.4. The van der Waals surface area contributed by atoms with Gasteiger partial charge in [-0.3, -0.25) is 9.48 Å². The molecule has 0 aliphatic rings. The highest BCUT2D eigenvalue weighted by atomic mass is 19.1. The van der Waals surface area contributed by atoms with Gasteiger partial charge in [0.15, 0.2) is 6.29 Å². The number of hydrogen-bond donors (Lipinski definition) is 0. The lowest BCUT2D eigenvalue weighted by molar-refractivity contribution is 0.112. The Balaban J connectivity index is 2.40. The fourth-order valence-corrected chi connectivity index (χ4v) is 1.49. The lowest BCUT2D eigenvalue weighted by Gasteiger charge is -1.99. The maximum atomic E-state index is 13.4. The molecule has 4 heteroatoms. The summed E-state index contributed by atoms with van der Waals surface area (Å²) in [6, 6.07) is 4.53. The zero-order chi connectivity index (χ0) is 11.5. The van der Waals surface area contributed by atoms with Crippen molar-refractivity contribution in [1.29, 1.82) is 0 Å². The summed E-state index contributed by atoms with van der Waals surface area (Å²) >= 11 is 0. The Morgan fingerprint density at radius 1 is 1.44 bits per heavy atom. The molecule has 0 bridgehead atoms. The van der Waals surface area contributed by atoms with Crippen molar-refractivity contribution in [3.63, 3.8) is 0 Å². The van der Waals surface area contributed by atoms with Crippen LogP contribution < -0.4 is 0 Å². The van der Waals surface area contributed by atoms with Crippen molar-refractivity contribution in [2.45, 2.75) is 13.5 Å². The van der Waals surface area contributed by atoms with Crippen molar-refractivity contribution in [3.8, 4) is 11.1 Å². The van der Waals surface area contributed by atoms with Crippen LogP contribution in [0, 0.1) is 5.82 Å². The number of aryl methyl sites for hydroxylation is 1. The van der Waals surface area contributed by atoms with E-state index in [4.69, 9.17) is 0 Å². The molecule has 0 unspecified atom stereocenters. The lowest BCUT2D eigenvalue weighted by atomic mass is 10.1. The molecule has 1 aromatic carbocycles. The van der Waals surface area contributed by atoms with Crippen molar-refractivity contribution in [2.24, 2.45) is 0 Å². The van der Waals surface area contributed by atoms with Crippen molar-refractivity contribution in [2.75, 3.05) is 0 Å². The van der Waals surface area contributed by atoms with E-state index in [0.717, 1.165) is 17.7 Å². The molecule has 1 aromatic heterocycles. The first-order valence-corrected chi connectivity index (χ1v) is 5.02. The molecule has 0 aliphatic carbocycles. The van der Waals surface area contributed by atoms with E-state index < -0.39 is 5.82 Å². The molecule has 0 amide bonds. The summed E-state index contributed by atoms with van der Waals surface area (Å²) in [5.41, 5.74) is 1.65. The molecule has 1 heterocycles. The quantitative estimate of drug-likeness (QED) is 0.742. The smallest absolute Gasteiger partial charge is 0.152 e. The van der Waals surface area contributed by atoms with Gasteiger partial charge in [-0.05, 0) is 24.6 Å². The first-order valence-electron chi connectivity index (χ1n) is 5.02. The molecule has 0 saturated heterocycles. The molecule has 0 atom stereocenters. The molecule has 0 N–H and O–H groups in total. The Bertz CT molecular complexity index is 519. The van der Waals surface area contributed by atoms with Gasteiger partial charge in [-0.25, -0.2) is 4.39 Å². The Hall–Kier alpha value is -1.97. The SMILES string of the molecule is CCn1cc(-c2ccc(C=O)c(F)c2)cn1. The van der Waals surface area contributed by atoms with Crippen molar-refractivity contribution < 1.29 is 9.18 Å². The van der Waals surface area contributed by atoms with Gasteiger partial charge in [-0.2, -0.15) is 5.10 Å². The predicted molar refractivity (Wildman–Crippen MR) is 58.7 cm³/mol. The van der Waals surface area contributed by atoms with Gasteiger partial charge < -0.3 is 0 Å². The average Bonchev–Trinajstić information content (AvgIpc) is 2.77. The van der Waals surface area contributed by atoms with E-state index in [0.29, 0.717) is 6.29 Å². The highest BCUT2D eigenvalue weighted by Gasteiger charge is 2.05. The van der Waals surface area contributed by atoms with Gasteiger partial charge in [-0.1, -0.05) is 6.07 Å². The number of benzene rings is 1. The van der Waals surface area contributed by atoms with Crippen LogP contribution in [0.3, 0.4) is 0 Å². The number of nitrogens with zero attached hydrogens (tertiary/aromatic N) is 2. The highest BCUT2D eigenvalue weighted by Crippen LogP contribution is 2.20. The fraction of sp³-hybridized carbons (Fsp3) is 0.167. The minimum absolute atomic E-state index is 0.0756. The van der Waals surface area contributed by atoms with Crippen LogP contribution in [0.1, 0.15) is 17.3 Å². The Kier molecular flexibility index (Phi) is 2.81. The van der Waals surface area contributed by atoms with Gasteiger partial charge in [0.05, 0.1) is 11.8 Å². The van der Waals surface area contributed by atoms with Crippen LogP contribution in [-0.2, 0) is 6.54 Å². The summed E-state index contributed by atoms with van der Waals surface area (Å²) in [5.74, 6) is -0.503. The van der Waals surface area contributed by atoms with E-state index >= 15 is 0 Å². The van der Waals surface area contributed by atoms with E-state index in [1.54, 1.807) is 16.9 Å². The number of hydrogen-bond acceptors (Lipinski definition) is 2. The molecular weight excluding hydrogens is 207 g/mol. The highest BCUT2D eigenvalue weighted by molar-refractivity contribution is 5.77. The molecule has 2 rings (SSSR count).